The predicted octanol–water partition coefficient (Wildman–Crippen LogP) is 3.84. The van der Waals surface area contributed by atoms with Gasteiger partial charge in [0.25, 0.3) is 0 Å². The van der Waals surface area contributed by atoms with E-state index in [-0.39, 0.29) is 23.5 Å². The van der Waals surface area contributed by atoms with E-state index >= 15 is 0 Å². The Morgan fingerprint density at radius 2 is 1.65 bits per heavy atom. The molecule has 0 radical (unpaired) electrons. The van der Waals surface area contributed by atoms with Crippen molar-refractivity contribution in [2.24, 2.45) is 0 Å². The van der Waals surface area contributed by atoms with Crippen molar-refractivity contribution in [1.82, 2.24) is 10.6 Å². The van der Waals surface area contributed by atoms with E-state index in [0.717, 1.165) is 18.4 Å². The first-order valence-corrected chi connectivity index (χ1v) is 11.2. The number of nitriles is 1. The van der Waals surface area contributed by atoms with Gasteiger partial charge < -0.3 is 21.1 Å². The number of amides is 3. The highest BCUT2D eigenvalue weighted by Gasteiger charge is 2.44. The van der Waals surface area contributed by atoms with Gasteiger partial charge in [0.05, 0.1) is 11.6 Å². The smallest absolute Gasteiger partial charge is 0.319 e. The van der Waals surface area contributed by atoms with Gasteiger partial charge in [-0.1, -0.05) is 42.5 Å². The van der Waals surface area contributed by atoms with Crippen molar-refractivity contribution in [3.63, 3.8) is 0 Å². The molecule has 7 heteroatoms. The SMILES string of the molecule is N#Cc1ccc(C[C@@H](NC(=O)Nc2ccc(O)cc2)C(=O)NCC2(c3ccccc3)CC2)cc1. The first kappa shape index (κ1) is 22.9. The van der Waals surface area contributed by atoms with Crippen molar-refractivity contribution in [3.8, 4) is 11.8 Å². The lowest BCUT2D eigenvalue weighted by Gasteiger charge is -2.22. The fraction of sp³-hybridized carbons (Fsp3) is 0.222. The molecule has 0 heterocycles. The average molecular weight is 455 g/mol. The number of urea groups is 1. The number of phenols is 1. The molecule has 4 N–H and O–H groups in total. The lowest BCUT2D eigenvalue weighted by Crippen LogP contribution is -2.50. The summed E-state index contributed by atoms with van der Waals surface area (Å²) in [5.74, 6) is -0.177. The van der Waals surface area contributed by atoms with Crippen LogP contribution in [0.4, 0.5) is 10.5 Å². The van der Waals surface area contributed by atoms with Crippen LogP contribution in [0.5, 0.6) is 5.75 Å². The second-order valence-electron chi connectivity index (χ2n) is 8.57. The van der Waals surface area contributed by atoms with Crippen LogP contribution in [0.1, 0.15) is 29.5 Å². The largest absolute Gasteiger partial charge is 0.508 e. The molecule has 0 saturated heterocycles. The fourth-order valence-electron chi connectivity index (χ4n) is 3.92. The summed E-state index contributed by atoms with van der Waals surface area (Å²) in [5, 5.41) is 26.9. The topological polar surface area (TPSA) is 114 Å². The number of hydrogen-bond donors (Lipinski definition) is 4. The van der Waals surface area contributed by atoms with Crippen LogP contribution in [0.2, 0.25) is 0 Å². The molecule has 3 aromatic rings. The van der Waals surface area contributed by atoms with Gasteiger partial charge in [0.15, 0.2) is 0 Å². The van der Waals surface area contributed by atoms with Crippen molar-refractivity contribution in [1.29, 1.82) is 5.26 Å². The number of anilines is 1. The Kier molecular flexibility index (Phi) is 6.79. The van der Waals surface area contributed by atoms with E-state index in [4.69, 9.17) is 5.26 Å². The van der Waals surface area contributed by atoms with Crippen molar-refractivity contribution in [2.45, 2.75) is 30.7 Å². The van der Waals surface area contributed by atoms with Gasteiger partial charge in [-0.05, 0) is 60.4 Å². The maximum Gasteiger partial charge on any atom is 0.319 e. The van der Waals surface area contributed by atoms with Crippen LogP contribution in [0, 0.1) is 11.3 Å². The number of carbonyl (C=O) groups excluding carboxylic acids is 2. The van der Waals surface area contributed by atoms with E-state index in [2.05, 4.69) is 34.2 Å². The quantitative estimate of drug-likeness (QED) is 0.387. The fourth-order valence-corrected chi connectivity index (χ4v) is 3.92. The zero-order valence-electron chi connectivity index (χ0n) is 18.6. The minimum atomic E-state index is -0.809. The molecular formula is C27H26N4O3. The van der Waals surface area contributed by atoms with E-state index in [1.807, 2.05) is 18.2 Å². The number of benzene rings is 3. The van der Waals surface area contributed by atoms with Crippen LogP contribution in [0.3, 0.4) is 0 Å². The van der Waals surface area contributed by atoms with Crippen LogP contribution < -0.4 is 16.0 Å². The van der Waals surface area contributed by atoms with E-state index < -0.39 is 12.1 Å². The van der Waals surface area contributed by atoms with Gasteiger partial charge in [0.1, 0.15) is 11.8 Å². The molecule has 3 aromatic carbocycles. The summed E-state index contributed by atoms with van der Waals surface area (Å²) in [5.41, 5.74) is 3.00. The van der Waals surface area contributed by atoms with Crippen LogP contribution in [0.25, 0.3) is 0 Å². The Bertz CT molecular complexity index is 1180. The maximum absolute atomic E-state index is 13.2. The highest BCUT2D eigenvalue weighted by atomic mass is 16.3. The van der Waals surface area contributed by atoms with Crippen LogP contribution in [0.15, 0.2) is 78.9 Å². The van der Waals surface area contributed by atoms with Crippen molar-refractivity contribution in [2.75, 3.05) is 11.9 Å². The number of phenolic OH excluding ortho intramolecular Hbond substituents is 1. The molecule has 1 saturated carbocycles. The van der Waals surface area contributed by atoms with E-state index in [1.54, 1.807) is 36.4 Å². The molecule has 1 aliphatic rings. The van der Waals surface area contributed by atoms with Crippen molar-refractivity contribution >= 4 is 17.6 Å². The lowest BCUT2D eigenvalue weighted by atomic mass is 9.95. The first-order chi connectivity index (χ1) is 16.5. The van der Waals surface area contributed by atoms with E-state index in [9.17, 15) is 14.7 Å². The monoisotopic (exact) mass is 454 g/mol. The number of nitrogens with zero attached hydrogens (tertiary/aromatic N) is 1. The van der Waals surface area contributed by atoms with Gasteiger partial charge in [-0.3, -0.25) is 4.79 Å². The van der Waals surface area contributed by atoms with Gasteiger partial charge in [0.2, 0.25) is 5.91 Å². The Morgan fingerprint density at radius 3 is 2.26 bits per heavy atom. The molecule has 1 fully saturated rings. The van der Waals surface area contributed by atoms with Crippen LogP contribution in [-0.2, 0) is 16.6 Å². The molecule has 0 aromatic heterocycles. The number of carbonyl (C=O) groups is 2. The van der Waals surface area contributed by atoms with Gasteiger partial charge in [-0.2, -0.15) is 5.26 Å². The number of hydrogen-bond acceptors (Lipinski definition) is 4. The number of rotatable bonds is 8. The number of aromatic hydroxyl groups is 1. The molecule has 0 bridgehead atoms. The molecule has 4 rings (SSSR count). The summed E-state index contributed by atoms with van der Waals surface area (Å²) in [6.07, 6.45) is 2.29. The van der Waals surface area contributed by atoms with Gasteiger partial charge in [-0.15, -0.1) is 0 Å². The summed E-state index contributed by atoms with van der Waals surface area (Å²) in [4.78, 5) is 25.8. The third-order valence-electron chi connectivity index (χ3n) is 6.11. The minimum Gasteiger partial charge on any atom is -0.508 e. The summed E-state index contributed by atoms with van der Waals surface area (Å²) in [6, 6.07) is 23.9. The highest BCUT2D eigenvalue weighted by Crippen LogP contribution is 2.47. The van der Waals surface area contributed by atoms with Gasteiger partial charge in [0, 0.05) is 24.1 Å². The Hall–Kier alpha value is -4.31. The molecular weight excluding hydrogens is 428 g/mol. The molecule has 1 aliphatic carbocycles. The molecule has 172 valence electrons. The summed E-state index contributed by atoms with van der Waals surface area (Å²) >= 11 is 0. The average Bonchev–Trinajstić information content (AvgIpc) is 3.66. The maximum atomic E-state index is 13.2. The summed E-state index contributed by atoms with van der Waals surface area (Å²) < 4.78 is 0. The molecule has 3 amide bonds. The standard InChI is InChI=1S/C27H26N4O3/c28-17-20-8-6-19(7-9-20)16-24(31-26(34)30-22-10-12-23(32)13-11-22)25(33)29-18-27(14-15-27)21-4-2-1-3-5-21/h1-13,24,32H,14-16,18H2,(H,29,33)(H2,30,31,34)/t24-/m1/s1. The van der Waals surface area contributed by atoms with Crippen molar-refractivity contribution in [3.05, 3.63) is 95.6 Å². The van der Waals surface area contributed by atoms with Crippen LogP contribution >= 0.6 is 0 Å². The second-order valence-corrected chi connectivity index (χ2v) is 8.57. The zero-order valence-corrected chi connectivity index (χ0v) is 18.6. The second kappa shape index (κ2) is 10.1. The first-order valence-electron chi connectivity index (χ1n) is 11.2. The van der Waals surface area contributed by atoms with Crippen LogP contribution in [-0.4, -0.2) is 29.6 Å². The summed E-state index contributed by atoms with van der Waals surface area (Å²) in [6.45, 7) is 0.501. The van der Waals surface area contributed by atoms with E-state index in [1.165, 1.54) is 17.7 Å². The summed E-state index contributed by atoms with van der Waals surface area (Å²) in [7, 11) is 0. The van der Waals surface area contributed by atoms with Gasteiger partial charge >= 0.3 is 6.03 Å². The molecule has 0 spiro atoms. The minimum absolute atomic E-state index is 0.0514. The molecule has 0 unspecified atom stereocenters. The molecule has 34 heavy (non-hydrogen) atoms. The third kappa shape index (κ3) is 5.73. The Morgan fingerprint density at radius 1 is 0.971 bits per heavy atom. The van der Waals surface area contributed by atoms with Gasteiger partial charge in [-0.25, -0.2) is 4.79 Å². The predicted molar refractivity (Wildman–Crippen MR) is 129 cm³/mol. The molecule has 1 atom stereocenters. The highest BCUT2D eigenvalue weighted by molar-refractivity contribution is 5.94. The molecule has 0 aliphatic heterocycles. The Balaban J connectivity index is 1.44. The van der Waals surface area contributed by atoms with E-state index in [0.29, 0.717) is 17.8 Å². The zero-order chi connectivity index (χ0) is 24.0. The number of nitrogens with one attached hydrogen (secondary N) is 3. The molecule has 7 nitrogen and oxygen atoms in total. The normalized spacial score (nSPS) is 14.3. The Labute approximate surface area is 198 Å². The lowest BCUT2D eigenvalue weighted by molar-refractivity contribution is -0.123. The third-order valence-corrected chi connectivity index (χ3v) is 6.11. The van der Waals surface area contributed by atoms with Crippen molar-refractivity contribution < 1.29 is 14.7 Å².